The summed E-state index contributed by atoms with van der Waals surface area (Å²) in [5.74, 6) is 0.798. The summed E-state index contributed by atoms with van der Waals surface area (Å²) in [4.78, 5) is 0. The molecule has 0 spiro atoms. The molecule has 1 aromatic heterocycles. The number of hydrogen-bond acceptors (Lipinski definition) is 3. The van der Waals surface area contributed by atoms with Gasteiger partial charge in [-0.05, 0) is 54.6 Å². The van der Waals surface area contributed by atoms with Crippen LogP contribution in [0.4, 0.5) is 0 Å². The van der Waals surface area contributed by atoms with Gasteiger partial charge in [-0.25, -0.2) is 0 Å². The third-order valence-electron chi connectivity index (χ3n) is 5.20. The third-order valence-corrected chi connectivity index (χ3v) is 5.44. The summed E-state index contributed by atoms with van der Waals surface area (Å²) in [5.41, 5.74) is 3.15. The first-order chi connectivity index (χ1) is 14.7. The highest BCUT2D eigenvalue weighted by atomic mass is 35.5. The molecule has 4 aromatic rings. The van der Waals surface area contributed by atoms with Crippen molar-refractivity contribution >= 4 is 36.0 Å². The van der Waals surface area contributed by atoms with Gasteiger partial charge < -0.3 is 19.7 Å². The van der Waals surface area contributed by atoms with Crippen LogP contribution in [-0.2, 0) is 6.61 Å². The molecule has 4 rings (SSSR count). The number of halogens is 1. The zero-order valence-corrected chi connectivity index (χ0v) is 19.1. The summed E-state index contributed by atoms with van der Waals surface area (Å²) < 4.78 is 8.10. The van der Waals surface area contributed by atoms with Crippen molar-refractivity contribution in [2.24, 2.45) is 0 Å². The number of hydrogen-bond donors (Lipinski definition) is 2. The Kier molecular flexibility index (Phi) is 8.04. The minimum absolute atomic E-state index is 0. The lowest BCUT2D eigenvalue weighted by molar-refractivity contribution is 0.132. The van der Waals surface area contributed by atoms with Gasteiger partial charge in [-0.2, -0.15) is 13.5 Å². The number of fused-ring (bicyclic) bond motifs is 1. The number of benzene rings is 3. The lowest BCUT2D eigenvalue weighted by atomic mass is 10.0. The van der Waals surface area contributed by atoms with Gasteiger partial charge in [-0.1, -0.05) is 54.1 Å². The molecule has 0 fully saturated rings. The number of likely N-dealkylation sites (N-methyl/N-ethyl adjacent to an activating group) is 1. The fourth-order valence-electron chi connectivity index (χ4n) is 3.81. The van der Waals surface area contributed by atoms with Crippen molar-refractivity contribution < 1.29 is 9.84 Å². The maximum atomic E-state index is 10.9. The molecule has 2 atom stereocenters. The van der Waals surface area contributed by atoms with Gasteiger partial charge in [0.1, 0.15) is 12.4 Å². The molecular formula is C25H27ClN2O2S. The van der Waals surface area contributed by atoms with Crippen molar-refractivity contribution in [2.45, 2.75) is 18.8 Å². The van der Waals surface area contributed by atoms with Crippen molar-refractivity contribution in [1.82, 2.24) is 9.88 Å². The van der Waals surface area contributed by atoms with Crippen LogP contribution >= 0.6 is 25.1 Å². The van der Waals surface area contributed by atoms with Gasteiger partial charge in [0.15, 0.2) is 0 Å². The molecule has 0 amide bonds. The summed E-state index contributed by atoms with van der Waals surface area (Å²) in [6.45, 7) is 0.959. The zero-order valence-electron chi connectivity index (χ0n) is 17.3. The molecule has 0 saturated carbocycles. The molecule has 0 aliphatic rings. The van der Waals surface area contributed by atoms with E-state index in [0.717, 1.165) is 27.8 Å². The van der Waals surface area contributed by atoms with Crippen LogP contribution in [0, 0.1) is 0 Å². The lowest BCUT2D eigenvalue weighted by Gasteiger charge is -2.26. The molecule has 0 bridgehead atoms. The minimum Gasteiger partial charge on any atom is -0.489 e. The third kappa shape index (κ3) is 5.43. The van der Waals surface area contributed by atoms with Crippen LogP contribution in [0.25, 0.3) is 10.9 Å². The Hall–Kier alpha value is -2.44. The molecule has 2 N–H and O–H groups in total. The number of rotatable bonds is 8. The fraction of sp³-hybridized carbons (Fsp3) is 0.200. The Balaban J connectivity index is 0.00000272. The minimum atomic E-state index is -0.563. The predicted octanol–water partition coefficient (Wildman–Crippen LogP) is 5.16. The molecule has 31 heavy (non-hydrogen) atoms. The van der Waals surface area contributed by atoms with Crippen molar-refractivity contribution in [1.29, 1.82) is 0 Å². The van der Waals surface area contributed by atoms with E-state index >= 15 is 0 Å². The van der Waals surface area contributed by atoms with Gasteiger partial charge in [0.05, 0.1) is 12.1 Å². The molecule has 6 heteroatoms. The number of aromatic nitrogens is 1. The number of aliphatic hydroxyl groups is 1. The first kappa shape index (κ1) is 23.2. The number of nitrogens with one attached hydrogen (secondary N) is 1. The van der Waals surface area contributed by atoms with Crippen LogP contribution in [-0.4, -0.2) is 29.4 Å². The van der Waals surface area contributed by atoms with Crippen LogP contribution in [0.2, 0.25) is 5.02 Å². The normalized spacial score (nSPS) is 12.9. The van der Waals surface area contributed by atoms with E-state index < -0.39 is 6.10 Å². The monoisotopic (exact) mass is 454 g/mol. The molecule has 0 aliphatic heterocycles. The van der Waals surface area contributed by atoms with Crippen LogP contribution in [0.3, 0.4) is 0 Å². The fourth-order valence-corrected chi connectivity index (χ4v) is 4.02. The van der Waals surface area contributed by atoms with Gasteiger partial charge in [0.25, 0.3) is 0 Å². The smallest absolute Gasteiger partial charge is 0.120 e. The maximum absolute atomic E-state index is 10.9. The van der Waals surface area contributed by atoms with E-state index in [-0.39, 0.29) is 19.5 Å². The molecule has 162 valence electrons. The zero-order chi connectivity index (χ0) is 20.9. The molecule has 0 aliphatic carbocycles. The second-order valence-corrected chi connectivity index (χ2v) is 7.78. The van der Waals surface area contributed by atoms with E-state index in [9.17, 15) is 5.11 Å². The van der Waals surface area contributed by atoms with Gasteiger partial charge >= 0.3 is 0 Å². The summed E-state index contributed by atoms with van der Waals surface area (Å²) in [7, 11) is 1.85. The number of nitrogens with zero attached hydrogens (tertiary/aromatic N) is 1. The van der Waals surface area contributed by atoms with E-state index in [1.54, 1.807) is 0 Å². The van der Waals surface area contributed by atoms with Crippen LogP contribution in [0.5, 0.6) is 5.75 Å². The summed E-state index contributed by atoms with van der Waals surface area (Å²) >= 11 is 6.05. The van der Waals surface area contributed by atoms with E-state index in [1.165, 1.54) is 0 Å². The second kappa shape index (κ2) is 10.7. The first-order valence-electron chi connectivity index (χ1n) is 10.0. The average molecular weight is 455 g/mol. The van der Waals surface area contributed by atoms with Crippen molar-refractivity contribution in [3.05, 3.63) is 101 Å². The molecule has 0 saturated heterocycles. The Labute approximate surface area is 194 Å². The summed E-state index contributed by atoms with van der Waals surface area (Å²) in [6.07, 6.45) is 1.47. The Bertz CT molecular complexity index is 1120. The van der Waals surface area contributed by atoms with Crippen LogP contribution in [0.1, 0.15) is 17.2 Å². The van der Waals surface area contributed by atoms with Gasteiger partial charge in [0.2, 0.25) is 0 Å². The quantitative estimate of drug-likeness (QED) is 0.386. The van der Waals surface area contributed by atoms with Crippen molar-refractivity contribution in [3.8, 4) is 5.75 Å². The molecule has 3 aromatic carbocycles. The molecular weight excluding hydrogens is 428 g/mol. The standard InChI is InChI=1S/C25H25ClN2O2.H2S/c1-27-16-24(29)25(19-7-3-2-4-8-19)28-13-12-20-15-22(10-11-23(20)28)30-17-18-6-5-9-21(26)14-18;/h2-15,24-25,27,29H,16-17H2,1H3;1H2/t24-,25+;/m1./s1. The highest BCUT2D eigenvalue weighted by Crippen LogP contribution is 2.30. The topological polar surface area (TPSA) is 46.4 Å². The molecule has 0 radical (unpaired) electrons. The maximum Gasteiger partial charge on any atom is 0.120 e. The predicted molar refractivity (Wildman–Crippen MR) is 133 cm³/mol. The lowest BCUT2D eigenvalue weighted by Crippen LogP contribution is -2.33. The number of aliphatic hydroxyl groups excluding tert-OH is 1. The highest BCUT2D eigenvalue weighted by molar-refractivity contribution is 7.59. The largest absolute Gasteiger partial charge is 0.489 e. The Morgan fingerprint density at radius 2 is 1.81 bits per heavy atom. The number of ether oxygens (including phenoxy) is 1. The van der Waals surface area contributed by atoms with Gasteiger partial charge in [-0.15, -0.1) is 0 Å². The van der Waals surface area contributed by atoms with Gasteiger partial charge in [-0.3, -0.25) is 0 Å². The van der Waals surface area contributed by atoms with E-state index in [0.29, 0.717) is 18.2 Å². The van der Waals surface area contributed by atoms with E-state index in [4.69, 9.17) is 16.3 Å². The Morgan fingerprint density at radius 1 is 1.00 bits per heavy atom. The highest BCUT2D eigenvalue weighted by Gasteiger charge is 2.23. The SMILES string of the molecule is CNC[C@@H](O)[C@H](c1ccccc1)n1ccc2cc(OCc3cccc(Cl)c3)ccc21.S. The first-order valence-corrected chi connectivity index (χ1v) is 10.4. The van der Waals surface area contributed by atoms with E-state index in [2.05, 4.69) is 28.1 Å². The Morgan fingerprint density at radius 3 is 2.55 bits per heavy atom. The summed E-state index contributed by atoms with van der Waals surface area (Å²) in [5, 5.41) is 15.7. The van der Waals surface area contributed by atoms with E-state index in [1.807, 2.05) is 73.9 Å². The second-order valence-electron chi connectivity index (χ2n) is 7.34. The van der Waals surface area contributed by atoms with Crippen molar-refractivity contribution in [2.75, 3.05) is 13.6 Å². The molecule has 4 nitrogen and oxygen atoms in total. The van der Waals surface area contributed by atoms with Crippen molar-refractivity contribution in [3.63, 3.8) is 0 Å². The van der Waals surface area contributed by atoms with Gasteiger partial charge in [0, 0.05) is 28.7 Å². The van der Waals surface area contributed by atoms with Crippen LogP contribution < -0.4 is 10.1 Å². The molecule has 0 unspecified atom stereocenters. The van der Waals surface area contributed by atoms with Crippen LogP contribution in [0.15, 0.2) is 85.1 Å². The molecule has 1 heterocycles. The average Bonchev–Trinajstić information content (AvgIpc) is 3.16. The summed E-state index contributed by atoms with van der Waals surface area (Å²) in [6, 6.07) is 25.7.